The number of aromatic hydroxyl groups is 2. The number of fused-ring (bicyclic) bond motifs is 4. The molecule has 2 aliphatic heterocycles. The fraction of sp³-hybridized carbons (Fsp3) is 0.515. The minimum atomic E-state index is -1.12. The highest BCUT2D eigenvalue weighted by Crippen LogP contribution is 2.41. The molecule has 12 atom stereocenters. The molecule has 0 aromatic heterocycles. The van der Waals surface area contributed by atoms with Crippen molar-refractivity contribution in [3.8, 4) is 11.5 Å². The molecule has 3 aliphatic rings. The Bertz CT molecular complexity index is 3040. The lowest BCUT2D eigenvalue weighted by Gasteiger charge is -2.32. The number of methoxy groups -OCH3 is 2. The fourth-order valence-electron chi connectivity index (χ4n) is 9.72. The van der Waals surface area contributed by atoms with Crippen LogP contribution in [0, 0.1) is 35.5 Å². The van der Waals surface area contributed by atoms with Gasteiger partial charge in [-0.2, -0.15) is 0 Å². The third-order valence-corrected chi connectivity index (χ3v) is 15.7. The number of hydrogen-bond donors (Lipinski definition) is 11. The van der Waals surface area contributed by atoms with E-state index in [9.17, 15) is 63.9 Å². The molecular weight excluding hydrogens is 1270 g/mol. The topological polar surface area (TPSA) is 424 Å². The number of anilines is 1. The molecule has 1 aromatic carbocycles. The predicted molar refractivity (Wildman–Crippen MR) is 351 cm³/mol. The van der Waals surface area contributed by atoms with E-state index < -0.39 is 101 Å². The number of nitrogens with one attached hydrogen (secondary N) is 2. The summed E-state index contributed by atoms with van der Waals surface area (Å²) in [5.41, 5.74) is 20.7. The van der Waals surface area contributed by atoms with Gasteiger partial charge in [-0.1, -0.05) is 96.7 Å². The van der Waals surface area contributed by atoms with Gasteiger partial charge in [0.2, 0.25) is 11.0 Å². The highest BCUT2D eigenvalue weighted by Gasteiger charge is 2.36. The van der Waals surface area contributed by atoms with Crippen LogP contribution in [0.1, 0.15) is 116 Å². The van der Waals surface area contributed by atoms with Crippen LogP contribution in [0.15, 0.2) is 113 Å². The van der Waals surface area contributed by atoms with Crippen LogP contribution < -0.4 is 56.4 Å². The Hall–Kier alpha value is -6.97. The van der Waals surface area contributed by atoms with E-state index >= 15 is 0 Å². The molecule has 2 heterocycles. The zero-order valence-electron chi connectivity index (χ0n) is 56.4. The number of aliphatic hydroxyl groups excluding tert-OH is 2. The van der Waals surface area contributed by atoms with Crippen molar-refractivity contribution in [2.45, 2.75) is 164 Å². The highest BCUT2D eigenvalue weighted by atomic mass is 35.5. The molecule has 24 nitrogen and oxygen atoms in total. The van der Waals surface area contributed by atoms with E-state index in [0.717, 1.165) is 6.08 Å². The number of carbonyl (C=O) groups is 8. The lowest BCUT2D eigenvalue weighted by Crippen LogP contribution is -3.00. The van der Waals surface area contributed by atoms with Crippen molar-refractivity contribution < 1.29 is 106 Å². The number of carboxylic acid groups (broad SMARTS) is 1. The number of aliphatic carboxylic acids is 1. The van der Waals surface area contributed by atoms with Crippen LogP contribution in [0.4, 0.5) is 21.0 Å². The Morgan fingerprint density at radius 3 is 1.53 bits per heavy atom. The second-order valence-electron chi connectivity index (χ2n) is 24.5. The molecule has 522 valence electrons. The zero-order chi connectivity index (χ0) is 70.3. The third kappa shape index (κ3) is 27.9. The maximum Gasteiger partial charge on any atom is 0.405 e. The van der Waals surface area contributed by atoms with Crippen LogP contribution in [-0.4, -0.2) is 136 Å². The monoisotopic (exact) mass is 1370 g/mol. The van der Waals surface area contributed by atoms with Gasteiger partial charge < -0.3 is 101 Å². The molecule has 0 saturated heterocycles. The number of halogens is 3. The van der Waals surface area contributed by atoms with Gasteiger partial charge in [0.05, 0.1) is 53.4 Å². The van der Waals surface area contributed by atoms with E-state index in [0.29, 0.717) is 45.7 Å². The molecule has 0 radical (unpaired) electrons. The van der Waals surface area contributed by atoms with Crippen LogP contribution in [0.3, 0.4) is 0 Å². The first-order chi connectivity index (χ1) is 42.0. The first-order valence-corrected chi connectivity index (χ1v) is 30.0. The van der Waals surface area contributed by atoms with Crippen molar-refractivity contribution in [3.63, 3.8) is 0 Å². The SMILES string of the molecule is C=CC[NH2+]c1c(O)cc2c(O)c1C[C@@H](C)[C@H](OC)[C@H](O)[C@@H](C)/C=C(\C)[C@H](OC(N)=O)[C@@H](C)/C=C\C=C(/C)C(=O)N2.CC(C)(N)C(=O)Cl.CC(C)([NH3+])C(=O)[O-].CO[C@@H]1[C@H](O)[C@@H](C)/C=C(\C)[C@H](OC(N)=O)[C@@H](C)/C=C\C=C(/C)C(=O)NC2=CC(=O)C(C)=C(C[C@H]1C)C2=O.Cl.[Cl-]. The van der Waals surface area contributed by atoms with E-state index in [1.807, 2.05) is 47.6 Å². The molecule has 4 bridgehead atoms. The molecule has 0 spiro atoms. The van der Waals surface area contributed by atoms with E-state index in [2.05, 4.69) is 22.9 Å². The molecular formula is C66H100Cl3N7O17. The summed E-state index contributed by atoms with van der Waals surface area (Å²) in [6.45, 7) is 29.6. The van der Waals surface area contributed by atoms with Gasteiger partial charge in [0.25, 0.3) is 11.8 Å². The molecule has 0 fully saturated rings. The number of aliphatic hydroxyl groups is 2. The summed E-state index contributed by atoms with van der Waals surface area (Å²) in [4.78, 5) is 94.8. The number of carbonyl (C=O) groups excluding carboxylic acids is 8. The van der Waals surface area contributed by atoms with Gasteiger partial charge in [-0.15, -0.1) is 12.4 Å². The van der Waals surface area contributed by atoms with Crippen molar-refractivity contribution >= 4 is 82.2 Å². The molecule has 93 heavy (non-hydrogen) atoms. The third-order valence-electron chi connectivity index (χ3n) is 15.2. The number of ether oxygens (including phenoxy) is 4. The molecule has 0 saturated carbocycles. The molecule has 4 rings (SSSR count). The number of quaternary nitrogens is 2. The first-order valence-electron chi connectivity index (χ1n) is 29.6. The van der Waals surface area contributed by atoms with E-state index in [4.69, 9.17) is 47.7 Å². The van der Waals surface area contributed by atoms with Crippen LogP contribution in [0.5, 0.6) is 11.5 Å². The minimum absolute atomic E-state index is 0. The van der Waals surface area contributed by atoms with Crippen LogP contribution >= 0.6 is 24.0 Å². The number of phenols is 2. The summed E-state index contributed by atoms with van der Waals surface area (Å²) >= 11 is 4.99. The van der Waals surface area contributed by atoms with Gasteiger partial charge >= 0.3 is 12.2 Å². The highest BCUT2D eigenvalue weighted by molar-refractivity contribution is 6.65. The standard InChI is InChI=1S/C30H43N3O7.C28H38N2O7.C4H8ClNO.C4H9NO2.2ClH/c1-8-12-32-24-21-14-20(6)28(39-7)25(35)18(4)13-19(5)27(40-30(31)38)16(2)10-9-11-17(3)29(37)33-22(26(21)36)15-23(24)34;1-14-9-8-10-15(2)27(34)30-21-13-22(31)19(6)20(24(21)33)12-18(5)26(36-7)23(32)16(3)11-17(4)25(14)37-28(29)35;1-4(2,6)3(5)7;1-4(2,5)3(6)7;;/h8-11,13,15-16,18,20,25,27-28,32,34-36H,1,12,14H2,2-7H3,(H2,31,38)(H,33,37);8-11,13-14,16,18,23,25-26,32H,12H2,1-7H3,(H2,29,35)(H,30,34);6H2,1-2H3;5H2,1-2H3,(H,6,7);2*1H/b10-9-,17-11+,19-13+;9-8-,15-10+,17-11+;;;;/t16-,18-,20+,25+,27+,28-;14-,16-,18+,23+,25+,26-;;;;/m00..../s1. The average molecular weight is 1370 g/mol. The number of primary amides is 2. The minimum Gasteiger partial charge on any atom is -1.00 e. The Morgan fingerprint density at radius 1 is 0.763 bits per heavy atom. The predicted octanol–water partition coefficient (Wildman–Crippen LogP) is 1.90. The molecule has 1 aliphatic carbocycles. The average Bonchev–Trinajstić information content (AvgIpc) is 0.818. The summed E-state index contributed by atoms with van der Waals surface area (Å²) in [6, 6.07) is 1.31. The number of nitrogens with two attached hydrogens (primary N) is 4. The first kappa shape index (κ1) is 88.1. The molecule has 0 unspecified atom stereocenters. The van der Waals surface area contributed by atoms with Gasteiger partial charge in [-0.3, -0.25) is 24.0 Å². The number of benzene rings is 1. The summed E-state index contributed by atoms with van der Waals surface area (Å²) in [6.07, 6.45) is 10.3. The lowest BCUT2D eigenvalue weighted by atomic mass is 9.82. The van der Waals surface area contributed by atoms with Crippen molar-refractivity contribution in [2.75, 3.05) is 26.1 Å². The van der Waals surface area contributed by atoms with Gasteiger partial charge in [0.1, 0.15) is 29.5 Å². The van der Waals surface area contributed by atoms with E-state index in [1.165, 1.54) is 34.1 Å². The zero-order valence-corrected chi connectivity index (χ0v) is 58.7. The number of hydrogen-bond acceptors (Lipinski definition) is 18. The molecule has 4 amide bonds. The smallest absolute Gasteiger partial charge is 0.405 e. The summed E-state index contributed by atoms with van der Waals surface area (Å²) in [7, 11) is 2.97. The quantitative estimate of drug-likeness (QED) is 0.0420. The van der Waals surface area contributed by atoms with E-state index in [1.54, 1.807) is 102 Å². The molecule has 1 aromatic rings. The normalized spacial score (nSPS) is 28.2. The van der Waals surface area contributed by atoms with Crippen molar-refractivity contribution in [2.24, 2.45) is 52.7 Å². The van der Waals surface area contributed by atoms with Crippen LogP contribution in [0.2, 0.25) is 0 Å². The maximum atomic E-state index is 13.2. The number of carboxylic acids is 1. The van der Waals surface area contributed by atoms with Crippen molar-refractivity contribution in [3.05, 3.63) is 118 Å². The van der Waals surface area contributed by atoms with Crippen molar-refractivity contribution in [1.82, 2.24) is 5.32 Å². The number of Topliss-reactive ketones (excluding diaryl/α,β-unsaturated/α-hetero) is 1. The number of allylic oxidation sites excluding steroid dienone is 7. The second-order valence-corrected chi connectivity index (χ2v) is 24.9. The number of amides is 4. The Labute approximate surface area is 563 Å². The lowest BCUT2D eigenvalue weighted by molar-refractivity contribution is -0.562. The Kier molecular flexibility index (Phi) is 38.2. The van der Waals surface area contributed by atoms with E-state index in [-0.39, 0.29) is 95.6 Å². The van der Waals surface area contributed by atoms with Crippen LogP contribution in [0.25, 0.3) is 0 Å². The Balaban J connectivity index is 0. The number of phenolic OH excluding ortho intramolecular Hbond substituents is 2. The van der Waals surface area contributed by atoms with Gasteiger partial charge in [-0.25, -0.2) is 9.59 Å². The largest absolute Gasteiger partial charge is 1.00 e. The number of rotatable bonds is 9. The summed E-state index contributed by atoms with van der Waals surface area (Å²) in [5, 5.41) is 60.9. The van der Waals surface area contributed by atoms with Gasteiger partial charge in [-0.05, 0) is 116 Å². The second kappa shape index (κ2) is 40.3. The number of ketones is 2. The maximum absolute atomic E-state index is 13.2. The van der Waals surface area contributed by atoms with Gasteiger partial charge in [0, 0.05) is 72.3 Å². The summed E-state index contributed by atoms with van der Waals surface area (Å²) in [5.74, 6) is -5.31. The van der Waals surface area contributed by atoms with Gasteiger partial charge in [0.15, 0.2) is 17.2 Å². The Morgan fingerprint density at radius 2 is 1.16 bits per heavy atom. The summed E-state index contributed by atoms with van der Waals surface area (Å²) < 4.78 is 22.1. The van der Waals surface area contributed by atoms with Crippen LogP contribution in [-0.2, 0) is 54.1 Å². The fourth-order valence-corrected chi connectivity index (χ4v) is 9.72. The van der Waals surface area contributed by atoms with Crippen molar-refractivity contribution in [1.29, 1.82) is 0 Å². The molecule has 27 heteroatoms. The molecule has 17 N–H and O–H groups in total.